The van der Waals surface area contributed by atoms with Crippen LogP contribution in [0.4, 0.5) is 5.82 Å². The molecular weight excluding hydrogens is 428 g/mol. The van der Waals surface area contributed by atoms with Crippen molar-refractivity contribution >= 4 is 56.6 Å². The first-order valence-corrected chi connectivity index (χ1v) is 10.8. The maximum Gasteiger partial charge on any atom is 0.260 e. The number of carbonyl (C=O) groups excluding carboxylic acids is 1. The molecule has 2 N–H and O–H groups in total. The Morgan fingerprint density at radius 2 is 2.03 bits per heavy atom. The van der Waals surface area contributed by atoms with Crippen LogP contribution >= 0.6 is 34.7 Å². The van der Waals surface area contributed by atoms with Gasteiger partial charge in [0.2, 0.25) is 5.91 Å². The van der Waals surface area contributed by atoms with Crippen LogP contribution in [0, 0.1) is 0 Å². The van der Waals surface area contributed by atoms with Gasteiger partial charge in [-0.15, -0.1) is 11.3 Å². The van der Waals surface area contributed by atoms with Crippen LogP contribution in [0.1, 0.15) is 6.92 Å². The lowest BCUT2D eigenvalue weighted by Crippen LogP contribution is -2.23. The molecule has 1 amide bonds. The molecule has 6 nitrogen and oxygen atoms in total. The van der Waals surface area contributed by atoms with E-state index in [9.17, 15) is 9.59 Å². The van der Waals surface area contributed by atoms with Gasteiger partial charge < -0.3 is 10.3 Å². The SMILES string of the molecule is CC(Sc1nc2scc(-c3ccccc3)c2c(=O)[nH]1)C(=O)Nc1ccc(Cl)cn1. The molecule has 1 atom stereocenters. The number of hydrogen-bond acceptors (Lipinski definition) is 6. The predicted molar refractivity (Wildman–Crippen MR) is 119 cm³/mol. The maximum atomic E-state index is 12.7. The minimum atomic E-state index is -0.485. The Hall–Kier alpha value is -2.68. The fraction of sp³-hybridized carbons (Fsp3) is 0.100. The van der Waals surface area contributed by atoms with Crippen molar-refractivity contribution < 1.29 is 4.79 Å². The van der Waals surface area contributed by atoms with Crippen LogP contribution in [0.25, 0.3) is 21.3 Å². The molecule has 0 aliphatic rings. The quantitative estimate of drug-likeness (QED) is 0.341. The zero-order valence-corrected chi connectivity index (χ0v) is 17.6. The third kappa shape index (κ3) is 4.34. The summed E-state index contributed by atoms with van der Waals surface area (Å²) in [5, 5.41) is 5.62. The summed E-state index contributed by atoms with van der Waals surface area (Å²) in [6.45, 7) is 1.74. The van der Waals surface area contributed by atoms with Gasteiger partial charge in [0.15, 0.2) is 5.16 Å². The maximum absolute atomic E-state index is 12.7. The van der Waals surface area contributed by atoms with Crippen molar-refractivity contribution in [2.75, 3.05) is 5.32 Å². The first-order chi connectivity index (χ1) is 14.0. The number of rotatable bonds is 5. The Bertz CT molecular complexity index is 1220. The third-order valence-electron chi connectivity index (χ3n) is 4.14. The van der Waals surface area contributed by atoms with Gasteiger partial charge in [0.1, 0.15) is 10.6 Å². The topological polar surface area (TPSA) is 87.7 Å². The molecule has 29 heavy (non-hydrogen) atoms. The van der Waals surface area contributed by atoms with E-state index in [2.05, 4.69) is 20.3 Å². The summed E-state index contributed by atoms with van der Waals surface area (Å²) >= 11 is 8.39. The van der Waals surface area contributed by atoms with Gasteiger partial charge in [-0.05, 0) is 24.6 Å². The van der Waals surface area contributed by atoms with E-state index < -0.39 is 5.25 Å². The van der Waals surface area contributed by atoms with Gasteiger partial charge in [0.05, 0.1) is 15.7 Å². The molecule has 1 aromatic carbocycles. The van der Waals surface area contributed by atoms with E-state index in [0.29, 0.717) is 26.2 Å². The van der Waals surface area contributed by atoms with Gasteiger partial charge in [-0.25, -0.2) is 9.97 Å². The lowest BCUT2D eigenvalue weighted by molar-refractivity contribution is -0.115. The van der Waals surface area contributed by atoms with Gasteiger partial charge in [0, 0.05) is 17.1 Å². The number of carbonyl (C=O) groups is 1. The summed E-state index contributed by atoms with van der Waals surface area (Å²) in [4.78, 5) is 37.1. The molecule has 0 bridgehead atoms. The summed E-state index contributed by atoms with van der Waals surface area (Å²) in [6, 6.07) is 13.0. The van der Waals surface area contributed by atoms with E-state index in [0.717, 1.165) is 11.1 Å². The number of thiophene rings is 1. The second kappa shape index (κ2) is 8.36. The van der Waals surface area contributed by atoms with Gasteiger partial charge in [-0.2, -0.15) is 0 Å². The molecule has 4 aromatic rings. The lowest BCUT2D eigenvalue weighted by Gasteiger charge is -2.11. The Labute approximate surface area is 179 Å². The van der Waals surface area contributed by atoms with Crippen LogP contribution < -0.4 is 10.9 Å². The number of pyridine rings is 1. The predicted octanol–water partition coefficient (Wildman–Crippen LogP) is 4.82. The summed E-state index contributed by atoms with van der Waals surface area (Å²) in [7, 11) is 0. The second-order valence-electron chi connectivity index (χ2n) is 6.18. The van der Waals surface area contributed by atoms with E-state index >= 15 is 0 Å². The number of halogens is 1. The van der Waals surface area contributed by atoms with E-state index in [1.165, 1.54) is 29.3 Å². The molecule has 0 saturated carbocycles. The van der Waals surface area contributed by atoms with E-state index in [-0.39, 0.29) is 11.5 Å². The van der Waals surface area contributed by atoms with Crippen LogP contribution in [0.3, 0.4) is 0 Å². The number of fused-ring (bicyclic) bond motifs is 1. The number of nitrogens with zero attached hydrogens (tertiary/aromatic N) is 2. The third-order valence-corrected chi connectivity index (χ3v) is 6.22. The fourth-order valence-electron chi connectivity index (χ4n) is 2.71. The van der Waals surface area contributed by atoms with Crippen molar-refractivity contribution in [2.24, 2.45) is 0 Å². The smallest absolute Gasteiger partial charge is 0.260 e. The van der Waals surface area contributed by atoms with Crippen LogP contribution in [-0.4, -0.2) is 26.1 Å². The first-order valence-electron chi connectivity index (χ1n) is 8.67. The number of aromatic nitrogens is 3. The van der Waals surface area contributed by atoms with Gasteiger partial charge in [-0.1, -0.05) is 53.7 Å². The molecule has 0 saturated heterocycles. The molecule has 3 heterocycles. The molecule has 0 radical (unpaired) electrons. The number of aromatic amines is 1. The standard InChI is InChI=1S/C20H15ClN4O2S2/c1-11(17(26)23-15-8-7-13(21)9-22-15)29-20-24-18(27)16-14(10-28-19(16)25-20)12-5-3-2-4-6-12/h2-11H,1H3,(H,22,23,26)(H,24,25,27). The zero-order valence-electron chi connectivity index (χ0n) is 15.2. The number of H-pyrrole nitrogens is 1. The minimum absolute atomic E-state index is 0.218. The number of benzene rings is 1. The Kier molecular flexibility index (Phi) is 5.66. The van der Waals surface area contributed by atoms with Crippen molar-refractivity contribution in [3.05, 3.63) is 69.4 Å². The average Bonchev–Trinajstić information content (AvgIpc) is 3.15. The monoisotopic (exact) mass is 442 g/mol. The molecule has 1 unspecified atom stereocenters. The number of nitrogens with one attached hydrogen (secondary N) is 2. The summed E-state index contributed by atoms with van der Waals surface area (Å²) in [6.07, 6.45) is 1.46. The van der Waals surface area contributed by atoms with Crippen molar-refractivity contribution in [1.82, 2.24) is 15.0 Å². The van der Waals surface area contributed by atoms with E-state index in [1.807, 2.05) is 35.7 Å². The Balaban J connectivity index is 1.54. The highest BCUT2D eigenvalue weighted by Crippen LogP contribution is 2.32. The highest BCUT2D eigenvalue weighted by atomic mass is 35.5. The van der Waals surface area contributed by atoms with Crippen molar-refractivity contribution in [3.63, 3.8) is 0 Å². The molecule has 4 rings (SSSR count). The van der Waals surface area contributed by atoms with Crippen LogP contribution in [0.5, 0.6) is 0 Å². The summed E-state index contributed by atoms with van der Waals surface area (Å²) < 4.78 is 0. The second-order valence-corrected chi connectivity index (χ2v) is 8.80. The van der Waals surface area contributed by atoms with Gasteiger partial charge in [0.25, 0.3) is 5.56 Å². The normalized spacial score (nSPS) is 12.1. The van der Waals surface area contributed by atoms with Crippen LogP contribution in [0.2, 0.25) is 5.02 Å². The number of hydrogen-bond donors (Lipinski definition) is 2. The zero-order chi connectivity index (χ0) is 20.4. The largest absolute Gasteiger partial charge is 0.310 e. The van der Waals surface area contributed by atoms with Crippen molar-refractivity contribution in [1.29, 1.82) is 0 Å². The van der Waals surface area contributed by atoms with Crippen LogP contribution in [0.15, 0.2) is 64.0 Å². The molecular formula is C20H15ClN4O2S2. The highest BCUT2D eigenvalue weighted by Gasteiger charge is 2.19. The summed E-state index contributed by atoms with van der Waals surface area (Å²) in [5.41, 5.74) is 1.61. The first kappa shape index (κ1) is 19.6. The average molecular weight is 443 g/mol. The molecule has 0 spiro atoms. The van der Waals surface area contributed by atoms with Gasteiger partial charge >= 0.3 is 0 Å². The fourth-order valence-corrected chi connectivity index (χ4v) is 4.63. The number of amides is 1. The summed E-state index contributed by atoms with van der Waals surface area (Å²) in [5.74, 6) is 0.165. The molecule has 0 fully saturated rings. The molecule has 0 aliphatic carbocycles. The van der Waals surface area contributed by atoms with Crippen molar-refractivity contribution in [2.45, 2.75) is 17.3 Å². The Morgan fingerprint density at radius 3 is 2.76 bits per heavy atom. The van der Waals surface area contributed by atoms with Crippen LogP contribution in [-0.2, 0) is 4.79 Å². The van der Waals surface area contributed by atoms with E-state index in [4.69, 9.17) is 11.6 Å². The molecule has 3 aromatic heterocycles. The highest BCUT2D eigenvalue weighted by molar-refractivity contribution is 8.00. The van der Waals surface area contributed by atoms with Gasteiger partial charge in [-0.3, -0.25) is 9.59 Å². The molecule has 9 heteroatoms. The number of thioether (sulfide) groups is 1. The van der Waals surface area contributed by atoms with E-state index in [1.54, 1.807) is 19.1 Å². The van der Waals surface area contributed by atoms with Crippen molar-refractivity contribution in [3.8, 4) is 11.1 Å². The minimum Gasteiger partial charge on any atom is -0.310 e. The Morgan fingerprint density at radius 1 is 1.24 bits per heavy atom. The number of anilines is 1. The molecule has 0 aliphatic heterocycles. The molecule has 146 valence electrons. The lowest BCUT2D eigenvalue weighted by atomic mass is 10.1.